The lowest BCUT2D eigenvalue weighted by Gasteiger charge is -2.04. The maximum atomic E-state index is 12.7. The van der Waals surface area contributed by atoms with Gasteiger partial charge in [-0.2, -0.15) is 0 Å². The normalized spacial score (nSPS) is 9.64. The van der Waals surface area contributed by atoms with E-state index >= 15 is 0 Å². The number of hydrogen-bond donors (Lipinski definition) is 3. The number of phenolic OH excluding ortho intramolecular Hbond substituents is 1. The Hall–Kier alpha value is -1.29. The molecule has 11 heavy (non-hydrogen) atoms. The van der Waals surface area contributed by atoms with Gasteiger partial charge < -0.3 is 10.5 Å². The van der Waals surface area contributed by atoms with E-state index in [-0.39, 0.29) is 11.4 Å². The van der Waals surface area contributed by atoms with Crippen LogP contribution in [-0.2, 0) is 0 Å². The van der Waals surface area contributed by atoms with Crippen LogP contribution >= 0.6 is 0 Å². The third-order valence-corrected chi connectivity index (χ3v) is 1.21. The van der Waals surface area contributed by atoms with Gasteiger partial charge in [0.15, 0.2) is 0 Å². The summed E-state index contributed by atoms with van der Waals surface area (Å²) in [5, 5.41) is 8.93. The molecule has 0 unspecified atom stereocenters. The molecule has 0 aliphatic heterocycles. The Labute approximate surface area is 63.8 Å². The number of nitrogens with one attached hydrogen (secondary N) is 2. The van der Waals surface area contributed by atoms with Crippen LogP contribution in [0.15, 0.2) is 18.2 Å². The molecule has 1 rings (SSSR count). The molecule has 0 radical (unpaired) electrons. The van der Waals surface area contributed by atoms with Crippen molar-refractivity contribution in [1.82, 2.24) is 5.43 Å². The number of hydrogen-bond acceptors (Lipinski definition) is 3. The molecule has 1 aromatic carbocycles. The minimum Gasteiger partial charge on any atom is -0.508 e. The highest BCUT2D eigenvalue weighted by Crippen LogP contribution is 2.18. The zero-order valence-electron chi connectivity index (χ0n) is 6.06. The van der Waals surface area contributed by atoms with Crippen molar-refractivity contribution >= 4 is 5.69 Å². The summed E-state index contributed by atoms with van der Waals surface area (Å²) < 4.78 is 12.7. The number of hydrazine groups is 1. The highest BCUT2D eigenvalue weighted by molar-refractivity contribution is 5.48. The minimum atomic E-state index is -0.405. The topological polar surface area (TPSA) is 44.3 Å². The van der Waals surface area contributed by atoms with Crippen molar-refractivity contribution in [2.75, 3.05) is 12.5 Å². The van der Waals surface area contributed by atoms with E-state index < -0.39 is 5.82 Å². The molecule has 0 amide bonds. The molecule has 0 aliphatic carbocycles. The summed E-state index contributed by atoms with van der Waals surface area (Å²) in [6.45, 7) is 0. The average Bonchev–Trinajstić information content (AvgIpc) is 1.98. The van der Waals surface area contributed by atoms with Gasteiger partial charge in [-0.05, 0) is 12.1 Å². The zero-order valence-corrected chi connectivity index (χ0v) is 6.06. The molecule has 4 heteroatoms. The van der Waals surface area contributed by atoms with Crippen LogP contribution in [0.25, 0.3) is 0 Å². The lowest BCUT2D eigenvalue weighted by atomic mass is 10.3. The molecule has 0 bridgehead atoms. The fourth-order valence-corrected chi connectivity index (χ4v) is 0.744. The van der Waals surface area contributed by atoms with Gasteiger partial charge in [0.05, 0.1) is 5.69 Å². The van der Waals surface area contributed by atoms with Gasteiger partial charge in [-0.1, -0.05) is 0 Å². The standard InChI is InChI=1S/C7H9FN2O/c1-9-10-7-4-5(11)2-3-6(7)8/h2-4,9-11H,1H3. The van der Waals surface area contributed by atoms with Crippen LogP contribution in [0.2, 0.25) is 0 Å². The Morgan fingerprint density at radius 3 is 2.82 bits per heavy atom. The first-order valence-electron chi connectivity index (χ1n) is 3.15. The van der Waals surface area contributed by atoms with Crippen molar-refractivity contribution in [1.29, 1.82) is 0 Å². The van der Waals surface area contributed by atoms with E-state index in [0.717, 1.165) is 0 Å². The Kier molecular flexibility index (Phi) is 2.28. The Balaban J connectivity index is 2.93. The van der Waals surface area contributed by atoms with Gasteiger partial charge in [-0.3, -0.25) is 0 Å². The monoisotopic (exact) mass is 156 g/mol. The van der Waals surface area contributed by atoms with Crippen molar-refractivity contribution in [2.24, 2.45) is 0 Å². The van der Waals surface area contributed by atoms with Crippen LogP contribution in [0, 0.1) is 5.82 Å². The van der Waals surface area contributed by atoms with E-state index in [4.69, 9.17) is 5.11 Å². The third kappa shape index (κ3) is 1.81. The Morgan fingerprint density at radius 2 is 2.18 bits per heavy atom. The van der Waals surface area contributed by atoms with Crippen LogP contribution in [0.5, 0.6) is 5.75 Å². The first kappa shape index (κ1) is 7.81. The van der Waals surface area contributed by atoms with E-state index in [1.165, 1.54) is 18.2 Å². The van der Waals surface area contributed by atoms with Crippen molar-refractivity contribution in [3.63, 3.8) is 0 Å². The fourth-order valence-electron chi connectivity index (χ4n) is 0.744. The van der Waals surface area contributed by atoms with E-state index in [9.17, 15) is 4.39 Å². The van der Waals surface area contributed by atoms with E-state index in [0.29, 0.717) is 0 Å². The number of halogens is 1. The molecule has 1 aromatic rings. The summed E-state index contributed by atoms with van der Waals surface area (Å²) >= 11 is 0. The predicted octanol–water partition coefficient (Wildman–Crippen LogP) is 1.08. The first-order chi connectivity index (χ1) is 5.24. The molecule has 0 aromatic heterocycles. The van der Waals surface area contributed by atoms with Crippen molar-refractivity contribution in [3.8, 4) is 5.75 Å². The molecule has 0 fully saturated rings. The lowest BCUT2D eigenvalue weighted by Crippen LogP contribution is -2.15. The largest absolute Gasteiger partial charge is 0.508 e. The Bertz CT molecular complexity index is 252. The number of anilines is 1. The van der Waals surface area contributed by atoms with Crippen LogP contribution in [0.3, 0.4) is 0 Å². The molecule has 60 valence electrons. The number of phenols is 1. The number of benzene rings is 1. The second-order valence-electron chi connectivity index (χ2n) is 2.04. The van der Waals surface area contributed by atoms with Gasteiger partial charge in [0, 0.05) is 13.1 Å². The molecule has 0 atom stereocenters. The zero-order chi connectivity index (χ0) is 8.27. The second-order valence-corrected chi connectivity index (χ2v) is 2.04. The van der Waals surface area contributed by atoms with Crippen LogP contribution in [0.1, 0.15) is 0 Å². The molecule has 3 N–H and O–H groups in total. The molecule has 0 spiro atoms. The molecule has 3 nitrogen and oxygen atoms in total. The quantitative estimate of drug-likeness (QED) is 0.561. The van der Waals surface area contributed by atoms with Crippen molar-refractivity contribution < 1.29 is 9.50 Å². The third-order valence-electron chi connectivity index (χ3n) is 1.21. The molecule has 0 aliphatic rings. The highest BCUT2D eigenvalue weighted by atomic mass is 19.1. The van der Waals surface area contributed by atoms with E-state index in [1.54, 1.807) is 7.05 Å². The summed E-state index contributed by atoms with van der Waals surface area (Å²) in [6.07, 6.45) is 0. The SMILES string of the molecule is CNNc1cc(O)ccc1F. The number of rotatable bonds is 2. The summed E-state index contributed by atoms with van der Waals surface area (Å²) in [5.74, 6) is -0.374. The van der Waals surface area contributed by atoms with Gasteiger partial charge in [0.1, 0.15) is 11.6 Å². The molecular weight excluding hydrogens is 147 g/mol. The highest BCUT2D eigenvalue weighted by Gasteiger charge is 2.00. The van der Waals surface area contributed by atoms with Gasteiger partial charge in [-0.15, -0.1) is 0 Å². The fraction of sp³-hybridized carbons (Fsp3) is 0.143. The van der Waals surface area contributed by atoms with E-state index in [2.05, 4.69) is 10.9 Å². The van der Waals surface area contributed by atoms with Crippen LogP contribution in [0.4, 0.5) is 10.1 Å². The summed E-state index contributed by atoms with van der Waals surface area (Å²) in [4.78, 5) is 0. The average molecular weight is 156 g/mol. The maximum Gasteiger partial charge on any atom is 0.147 e. The summed E-state index contributed by atoms with van der Waals surface area (Å²) in [7, 11) is 1.61. The van der Waals surface area contributed by atoms with Gasteiger partial charge in [0.25, 0.3) is 0 Å². The number of aromatic hydroxyl groups is 1. The van der Waals surface area contributed by atoms with Crippen molar-refractivity contribution in [3.05, 3.63) is 24.0 Å². The summed E-state index contributed by atoms with van der Waals surface area (Å²) in [5.41, 5.74) is 5.31. The van der Waals surface area contributed by atoms with Gasteiger partial charge in [-0.25, -0.2) is 9.82 Å². The minimum absolute atomic E-state index is 0.0316. The summed E-state index contributed by atoms with van der Waals surface area (Å²) in [6, 6.07) is 3.77. The lowest BCUT2D eigenvalue weighted by molar-refractivity contribution is 0.473. The van der Waals surface area contributed by atoms with Gasteiger partial charge >= 0.3 is 0 Å². The predicted molar refractivity (Wildman–Crippen MR) is 40.7 cm³/mol. The smallest absolute Gasteiger partial charge is 0.147 e. The molecule has 0 saturated heterocycles. The second kappa shape index (κ2) is 3.21. The van der Waals surface area contributed by atoms with Gasteiger partial charge in [0.2, 0.25) is 0 Å². The molecule has 0 heterocycles. The molecule has 0 saturated carbocycles. The molecular formula is C7H9FN2O. The first-order valence-corrected chi connectivity index (χ1v) is 3.15. The van der Waals surface area contributed by atoms with E-state index in [1.807, 2.05) is 0 Å². The Morgan fingerprint density at radius 1 is 1.45 bits per heavy atom. The van der Waals surface area contributed by atoms with Crippen LogP contribution < -0.4 is 10.9 Å². The maximum absolute atomic E-state index is 12.7. The van der Waals surface area contributed by atoms with Crippen molar-refractivity contribution in [2.45, 2.75) is 0 Å². The van der Waals surface area contributed by atoms with Crippen LogP contribution in [-0.4, -0.2) is 12.2 Å².